The third-order valence-electron chi connectivity index (χ3n) is 2.23. The SMILES string of the molecule is O=C(C[n+]1ccccc1)Nc1ccc(Br)cc1.[Cl-]. The first-order valence-electron chi connectivity index (χ1n) is 5.23. The zero-order valence-electron chi connectivity index (χ0n) is 9.51. The average molecular weight is 328 g/mol. The molecule has 3 nitrogen and oxygen atoms in total. The van der Waals surface area contributed by atoms with Gasteiger partial charge in [-0.25, -0.2) is 0 Å². The lowest BCUT2D eigenvalue weighted by atomic mass is 10.3. The van der Waals surface area contributed by atoms with Crippen LogP contribution in [0.4, 0.5) is 5.69 Å². The molecule has 94 valence electrons. The van der Waals surface area contributed by atoms with Crippen LogP contribution in [-0.4, -0.2) is 5.91 Å². The van der Waals surface area contributed by atoms with Gasteiger partial charge in [0.15, 0.2) is 12.4 Å². The number of carbonyl (C=O) groups excluding carboxylic acids is 1. The maximum atomic E-state index is 11.7. The third-order valence-corrected chi connectivity index (χ3v) is 2.76. The Hall–Kier alpha value is -1.39. The molecule has 0 aliphatic heterocycles. The van der Waals surface area contributed by atoms with E-state index in [4.69, 9.17) is 0 Å². The molecule has 1 N–H and O–H groups in total. The predicted molar refractivity (Wildman–Crippen MR) is 69.4 cm³/mol. The third kappa shape index (κ3) is 4.47. The van der Waals surface area contributed by atoms with Crippen molar-refractivity contribution in [1.82, 2.24) is 0 Å². The molecule has 0 unspecified atom stereocenters. The maximum Gasteiger partial charge on any atom is 0.290 e. The van der Waals surface area contributed by atoms with E-state index < -0.39 is 0 Å². The Kier molecular flexibility index (Phi) is 5.82. The molecule has 0 saturated heterocycles. The summed E-state index contributed by atoms with van der Waals surface area (Å²) in [6.45, 7) is 0.316. The van der Waals surface area contributed by atoms with Gasteiger partial charge >= 0.3 is 0 Å². The van der Waals surface area contributed by atoms with E-state index in [0.717, 1.165) is 10.2 Å². The summed E-state index contributed by atoms with van der Waals surface area (Å²) in [5.41, 5.74) is 0.801. The van der Waals surface area contributed by atoms with Crippen molar-refractivity contribution in [3.05, 3.63) is 59.3 Å². The molecule has 0 fully saturated rings. The number of rotatable bonds is 3. The van der Waals surface area contributed by atoms with Crippen LogP contribution < -0.4 is 22.3 Å². The number of nitrogens with zero attached hydrogens (tertiary/aromatic N) is 1. The zero-order chi connectivity index (χ0) is 12.1. The lowest BCUT2D eigenvalue weighted by Gasteiger charge is -2.02. The summed E-state index contributed by atoms with van der Waals surface area (Å²) in [5.74, 6) is -0.0384. The highest BCUT2D eigenvalue weighted by molar-refractivity contribution is 9.10. The first kappa shape index (κ1) is 14.7. The summed E-state index contributed by atoms with van der Waals surface area (Å²) in [4.78, 5) is 11.7. The van der Waals surface area contributed by atoms with Gasteiger partial charge in [-0.15, -0.1) is 0 Å². The van der Waals surface area contributed by atoms with E-state index in [1.165, 1.54) is 0 Å². The van der Waals surface area contributed by atoms with Crippen molar-refractivity contribution in [1.29, 1.82) is 0 Å². The fourth-order valence-electron chi connectivity index (χ4n) is 1.44. The number of pyridine rings is 1. The van der Waals surface area contributed by atoms with Crippen molar-refractivity contribution < 1.29 is 21.8 Å². The van der Waals surface area contributed by atoms with Crippen LogP contribution in [0.3, 0.4) is 0 Å². The summed E-state index contributed by atoms with van der Waals surface area (Å²) < 4.78 is 2.82. The summed E-state index contributed by atoms with van der Waals surface area (Å²) >= 11 is 3.35. The number of hydrogen-bond donors (Lipinski definition) is 1. The Morgan fingerprint density at radius 1 is 1.11 bits per heavy atom. The van der Waals surface area contributed by atoms with Crippen LogP contribution in [0.15, 0.2) is 59.3 Å². The van der Waals surface area contributed by atoms with Crippen LogP contribution >= 0.6 is 15.9 Å². The monoisotopic (exact) mass is 326 g/mol. The van der Waals surface area contributed by atoms with Gasteiger partial charge in [-0.1, -0.05) is 22.0 Å². The summed E-state index contributed by atoms with van der Waals surface area (Å²) in [7, 11) is 0. The smallest absolute Gasteiger partial charge is 0.290 e. The van der Waals surface area contributed by atoms with Gasteiger partial charge in [0.2, 0.25) is 6.54 Å². The minimum Gasteiger partial charge on any atom is -1.00 e. The van der Waals surface area contributed by atoms with Crippen LogP contribution in [0.25, 0.3) is 0 Å². The summed E-state index contributed by atoms with van der Waals surface area (Å²) in [6, 6.07) is 13.2. The van der Waals surface area contributed by atoms with Gasteiger partial charge in [0.25, 0.3) is 5.91 Å². The normalized spacial score (nSPS) is 9.39. The largest absolute Gasteiger partial charge is 1.00 e. The molecular weight excluding hydrogens is 316 g/mol. The highest BCUT2D eigenvalue weighted by Gasteiger charge is 2.08. The number of aromatic nitrogens is 1. The molecule has 0 aliphatic carbocycles. The van der Waals surface area contributed by atoms with Gasteiger partial charge in [-0.2, -0.15) is 4.57 Å². The molecule has 0 atom stereocenters. The molecule has 0 saturated carbocycles. The minimum absolute atomic E-state index is 0. The Labute approximate surface area is 120 Å². The molecule has 1 heterocycles. The van der Waals surface area contributed by atoms with Crippen LogP contribution in [-0.2, 0) is 11.3 Å². The van der Waals surface area contributed by atoms with Gasteiger partial charge in [0.1, 0.15) is 0 Å². The van der Waals surface area contributed by atoms with Gasteiger partial charge in [-0.3, -0.25) is 4.79 Å². The van der Waals surface area contributed by atoms with Gasteiger partial charge in [-0.05, 0) is 24.3 Å². The Balaban J connectivity index is 0.00000162. The molecule has 0 bridgehead atoms. The van der Waals surface area contributed by atoms with Crippen molar-refractivity contribution in [2.45, 2.75) is 6.54 Å². The fourth-order valence-corrected chi connectivity index (χ4v) is 1.70. The van der Waals surface area contributed by atoms with Crippen molar-refractivity contribution in [2.24, 2.45) is 0 Å². The molecule has 2 rings (SSSR count). The van der Waals surface area contributed by atoms with E-state index in [9.17, 15) is 4.79 Å². The van der Waals surface area contributed by atoms with Crippen LogP contribution in [0.2, 0.25) is 0 Å². The predicted octanol–water partition coefficient (Wildman–Crippen LogP) is -0.621. The number of hydrogen-bond acceptors (Lipinski definition) is 1. The lowest BCUT2D eigenvalue weighted by Crippen LogP contribution is -3.00. The van der Waals surface area contributed by atoms with Crippen molar-refractivity contribution in [3.63, 3.8) is 0 Å². The highest BCUT2D eigenvalue weighted by Crippen LogP contribution is 2.13. The second-order valence-corrected chi connectivity index (χ2v) is 4.52. The van der Waals surface area contributed by atoms with E-state index in [1.54, 1.807) is 0 Å². The first-order valence-corrected chi connectivity index (χ1v) is 6.03. The quantitative estimate of drug-likeness (QED) is 0.749. The topological polar surface area (TPSA) is 33.0 Å². The van der Waals surface area contributed by atoms with E-state index in [2.05, 4.69) is 21.2 Å². The number of halogens is 2. The molecule has 1 aromatic carbocycles. The summed E-state index contributed by atoms with van der Waals surface area (Å²) in [5, 5.41) is 2.84. The number of anilines is 1. The summed E-state index contributed by atoms with van der Waals surface area (Å²) in [6.07, 6.45) is 3.72. The van der Waals surface area contributed by atoms with Crippen LogP contribution in [0, 0.1) is 0 Å². The second-order valence-electron chi connectivity index (χ2n) is 3.60. The minimum atomic E-state index is -0.0384. The van der Waals surface area contributed by atoms with Crippen LogP contribution in [0.5, 0.6) is 0 Å². The second kappa shape index (κ2) is 7.13. The molecule has 18 heavy (non-hydrogen) atoms. The maximum absolute atomic E-state index is 11.7. The van der Waals surface area contributed by atoms with E-state index in [1.807, 2.05) is 59.4 Å². The number of carbonyl (C=O) groups is 1. The number of amides is 1. The highest BCUT2D eigenvalue weighted by atomic mass is 79.9. The van der Waals surface area contributed by atoms with Crippen LogP contribution in [0.1, 0.15) is 0 Å². The van der Waals surface area contributed by atoms with Gasteiger partial charge < -0.3 is 17.7 Å². The van der Waals surface area contributed by atoms with E-state index >= 15 is 0 Å². The molecule has 2 aromatic rings. The van der Waals surface area contributed by atoms with Crippen molar-refractivity contribution in [2.75, 3.05) is 5.32 Å². The standard InChI is InChI=1S/C13H11BrN2O.ClH/c14-11-4-6-12(7-5-11)15-13(17)10-16-8-2-1-3-9-16;/h1-9H,10H2;1H. The fraction of sp³-hybridized carbons (Fsp3) is 0.0769. The van der Waals surface area contributed by atoms with Crippen molar-refractivity contribution >= 4 is 27.5 Å². The molecule has 0 spiro atoms. The molecule has 1 aromatic heterocycles. The molecule has 0 aliphatic rings. The zero-order valence-corrected chi connectivity index (χ0v) is 11.9. The number of nitrogens with one attached hydrogen (secondary N) is 1. The Bertz CT molecular complexity index is 502. The lowest BCUT2D eigenvalue weighted by molar-refractivity contribution is -0.684. The van der Waals surface area contributed by atoms with Gasteiger partial charge in [0, 0.05) is 22.3 Å². The molecule has 1 amide bonds. The molecule has 5 heteroatoms. The Morgan fingerprint density at radius 2 is 1.72 bits per heavy atom. The average Bonchev–Trinajstić information content (AvgIpc) is 2.33. The molecular formula is C13H12BrClN2O. The number of benzene rings is 1. The molecule has 0 radical (unpaired) electrons. The first-order chi connectivity index (χ1) is 8.24. The van der Waals surface area contributed by atoms with E-state index in [-0.39, 0.29) is 18.3 Å². The van der Waals surface area contributed by atoms with E-state index in [0.29, 0.717) is 6.54 Å². The Morgan fingerprint density at radius 3 is 2.33 bits per heavy atom. The van der Waals surface area contributed by atoms with Crippen molar-refractivity contribution in [3.8, 4) is 0 Å². The van der Waals surface area contributed by atoms with Gasteiger partial charge in [0.05, 0.1) is 0 Å².